The second kappa shape index (κ2) is 11.7. The van der Waals surface area contributed by atoms with Gasteiger partial charge in [-0.1, -0.05) is 25.1 Å². The number of aromatic hydroxyl groups is 1. The van der Waals surface area contributed by atoms with Crippen molar-refractivity contribution in [3.05, 3.63) is 60.2 Å². The summed E-state index contributed by atoms with van der Waals surface area (Å²) in [6.07, 6.45) is -0.318. The molecule has 0 atom stereocenters. The summed E-state index contributed by atoms with van der Waals surface area (Å²) in [4.78, 5) is 13.2. The van der Waals surface area contributed by atoms with Crippen LogP contribution in [0, 0.1) is 13.0 Å². The van der Waals surface area contributed by atoms with E-state index in [0.717, 1.165) is 5.56 Å². The normalized spacial score (nSPS) is 9.00. The molecule has 0 saturated carbocycles. The number of ether oxygens (including phenoxy) is 1. The fourth-order valence-electron chi connectivity index (χ4n) is 1.68. The number of phenols is 1. The molecule has 2 rings (SSSR count). The van der Waals surface area contributed by atoms with Crippen LogP contribution >= 0.6 is 0 Å². The van der Waals surface area contributed by atoms with Crippen molar-refractivity contribution >= 4 is 6.09 Å². The molecule has 0 aliphatic heterocycles. The van der Waals surface area contributed by atoms with Crippen LogP contribution in [0.3, 0.4) is 0 Å². The monoisotopic (exact) mass is 406 g/mol. The molecule has 0 unspecified atom stereocenters. The van der Waals surface area contributed by atoms with Crippen LogP contribution in [0.2, 0.25) is 0 Å². The van der Waals surface area contributed by atoms with Gasteiger partial charge in [-0.2, -0.15) is 17.7 Å². The SMILES string of the molecule is CCN(CC)C(=O)Oc1[c-]ccc(C)c1.Oc1ccccc1.[Pd]. The molecule has 23 heavy (non-hydrogen) atoms. The molecule has 0 spiro atoms. The van der Waals surface area contributed by atoms with Gasteiger partial charge in [0, 0.05) is 39.3 Å². The number of carbonyl (C=O) groups is 1. The molecular formula is C18H22NO3Pd-. The number of benzene rings is 2. The summed E-state index contributed by atoms with van der Waals surface area (Å²) in [6, 6.07) is 17.0. The first kappa shape index (κ1) is 21.2. The number of hydrogen-bond acceptors (Lipinski definition) is 3. The van der Waals surface area contributed by atoms with Crippen molar-refractivity contribution in [2.75, 3.05) is 13.1 Å². The number of nitrogens with zero attached hydrogens (tertiary/aromatic N) is 1. The minimum atomic E-state index is -0.318. The molecule has 1 amide bonds. The Kier molecular flexibility index (Phi) is 10.8. The van der Waals surface area contributed by atoms with E-state index in [-0.39, 0.29) is 26.5 Å². The van der Waals surface area contributed by atoms with Crippen molar-refractivity contribution in [3.63, 3.8) is 0 Å². The number of hydrogen-bond donors (Lipinski definition) is 1. The third-order valence-electron chi connectivity index (χ3n) is 2.91. The van der Waals surface area contributed by atoms with Crippen LogP contribution in [0.4, 0.5) is 4.79 Å². The van der Waals surface area contributed by atoms with Gasteiger partial charge in [0.05, 0.1) is 0 Å². The molecule has 4 nitrogen and oxygen atoms in total. The summed E-state index contributed by atoms with van der Waals surface area (Å²) < 4.78 is 5.17. The van der Waals surface area contributed by atoms with E-state index in [2.05, 4.69) is 6.07 Å². The van der Waals surface area contributed by atoms with Crippen LogP contribution < -0.4 is 4.74 Å². The van der Waals surface area contributed by atoms with Gasteiger partial charge in [-0.05, 0) is 26.0 Å². The van der Waals surface area contributed by atoms with Crippen LogP contribution in [0.1, 0.15) is 19.4 Å². The topological polar surface area (TPSA) is 49.8 Å². The summed E-state index contributed by atoms with van der Waals surface area (Å²) in [5.41, 5.74) is 1.05. The van der Waals surface area contributed by atoms with Crippen molar-refractivity contribution in [2.24, 2.45) is 0 Å². The average molecular weight is 407 g/mol. The second-order valence-corrected chi connectivity index (χ2v) is 4.61. The number of aryl methyl sites for hydroxylation is 1. The van der Waals surface area contributed by atoms with E-state index in [1.165, 1.54) is 0 Å². The number of carbonyl (C=O) groups excluding carboxylic acids is 1. The summed E-state index contributed by atoms with van der Waals surface area (Å²) in [7, 11) is 0. The van der Waals surface area contributed by atoms with E-state index in [0.29, 0.717) is 24.6 Å². The van der Waals surface area contributed by atoms with Gasteiger partial charge in [0.15, 0.2) is 0 Å². The van der Waals surface area contributed by atoms with E-state index in [9.17, 15) is 4.79 Å². The molecule has 0 radical (unpaired) electrons. The Morgan fingerprint density at radius 2 is 1.78 bits per heavy atom. The molecule has 1 N–H and O–H groups in total. The summed E-state index contributed by atoms with van der Waals surface area (Å²) in [6.45, 7) is 7.10. The Bertz CT molecular complexity index is 571. The zero-order chi connectivity index (χ0) is 16.4. The minimum Gasteiger partial charge on any atom is -0.508 e. The molecule has 0 aromatic heterocycles. The molecule has 0 saturated heterocycles. The molecular weight excluding hydrogens is 385 g/mol. The number of para-hydroxylation sites is 1. The molecule has 0 fully saturated rings. The second-order valence-electron chi connectivity index (χ2n) is 4.61. The first-order chi connectivity index (χ1) is 10.6. The van der Waals surface area contributed by atoms with Crippen molar-refractivity contribution in [1.29, 1.82) is 0 Å². The van der Waals surface area contributed by atoms with E-state index in [1.807, 2.05) is 32.9 Å². The van der Waals surface area contributed by atoms with E-state index < -0.39 is 0 Å². The van der Waals surface area contributed by atoms with Crippen LogP contribution in [0.25, 0.3) is 0 Å². The minimum absolute atomic E-state index is 0. The van der Waals surface area contributed by atoms with Crippen molar-refractivity contribution in [3.8, 4) is 11.5 Å². The van der Waals surface area contributed by atoms with Crippen LogP contribution in [0.15, 0.2) is 48.5 Å². The van der Waals surface area contributed by atoms with E-state index >= 15 is 0 Å². The Morgan fingerprint density at radius 3 is 2.22 bits per heavy atom. The van der Waals surface area contributed by atoms with Crippen LogP contribution in [-0.2, 0) is 20.4 Å². The predicted octanol–water partition coefficient (Wildman–Crippen LogP) is 4.03. The smallest absolute Gasteiger partial charge is 0.413 e. The van der Waals surface area contributed by atoms with Gasteiger partial charge in [0.25, 0.3) is 0 Å². The third-order valence-corrected chi connectivity index (χ3v) is 2.91. The van der Waals surface area contributed by atoms with Gasteiger partial charge in [-0.3, -0.25) is 0 Å². The molecule has 128 valence electrons. The molecule has 2 aromatic carbocycles. The van der Waals surface area contributed by atoms with Gasteiger partial charge < -0.3 is 14.7 Å². The van der Waals surface area contributed by atoms with Gasteiger partial charge >= 0.3 is 6.09 Å². The zero-order valence-electron chi connectivity index (χ0n) is 13.6. The third kappa shape index (κ3) is 8.39. The summed E-state index contributed by atoms with van der Waals surface area (Å²) in [5, 5.41) is 8.63. The number of phenolic OH excluding ortho intramolecular Hbond substituents is 1. The molecule has 0 aliphatic carbocycles. The van der Waals surface area contributed by atoms with Crippen molar-refractivity contribution < 1.29 is 35.1 Å². The predicted molar refractivity (Wildman–Crippen MR) is 87.1 cm³/mol. The molecule has 2 aromatic rings. The van der Waals surface area contributed by atoms with Gasteiger partial charge in [0.2, 0.25) is 0 Å². The Morgan fingerprint density at radius 1 is 1.17 bits per heavy atom. The van der Waals surface area contributed by atoms with Crippen LogP contribution in [-0.4, -0.2) is 29.2 Å². The largest absolute Gasteiger partial charge is 0.508 e. The summed E-state index contributed by atoms with van der Waals surface area (Å²) in [5.74, 6) is 0.800. The molecule has 5 heteroatoms. The average Bonchev–Trinajstić information content (AvgIpc) is 2.50. The van der Waals surface area contributed by atoms with Crippen molar-refractivity contribution in [1.82, 2.24) is 4.90 Å². The van der Waals surface area contributed by atoms with Crippen LogP contribution in [0.5, 0.6) is 11.5 Å². The zero-order valence-corrected chi connectivity index (χ0v) is 15.1. The maximum absolute atomic E-state index is 11.6. The Labute approximate surface area is 151 Å². The van der Waals surface area contributed by atoms with Gasteiger partial charge in [-0.15, -0.1) is 12.1 Å². The number of amides is 1. The molecule has 0 bridgehead atoms. The maximum Gasteiger partial charge on any atom is 0.413 e. The summed E-state index contributed by atoms with van der Waals surface area (Å²) >= 11 is 0. The Balaban J connectivity index is 0.000000509. The van der Waals surface area contributed by atoms with Gasteiger partial charge in [-0.25, -0.2) is 4.79 Å². The first-order valence-electron chi connectivity index (χ1n) is 7.25. The van der Waals surface area contributed by atoms with E-state index in [1.54, 1.807) is 41.3 Å². The fourth-order valence-corrected chi connectivity index (χ4v) is 1.68. The quantitative estimate of drug-likeness (QED) is 0.618. The fraction of sp³-hybridized carbons (Fsp3) is 0.278. The van der Waals surface area contributed by atoms with E-state index in [4.69, 9.17) is 9.84 Å². The first-order valence-corrected chi connectivity index (χ1v) is 7.25. The number of rotatable bonds is 3. The molecule has 0 aliphatic rings. The van der Waals surface area contributed by atoms with Crippen molar-refractivity contribution in [2.45, 2.75) is 20.8 Å². The molecule has 0 heterocycles. The van der Waals surface area contributed by atoms with Gasteiger partial charge in [0.1, 0.15) is 5.75 Å². The maximum atomic E-state index is 11.6. The Hall–Kier alpha value is -1.83. The standard InChI is InChI=1S/C12H16NO2.C6H6O.Pd/c1-4-13(5-2)12(14)15-11-8-6-7-10(3)9-11;7-6-4-2-1-3-5-6;/h6-7,9H,4-5H2,1-3H3;1-5,7H;/q-1;;.